The molecule has 0 spiro atoms. The van der Waals surface area contributed by atoms with Crippen LogP contribution in [0.5, 0.6) is 0 Å². The highest BCUT2D eigenvalue weighted by atomic mass is 79.9. The summed E-state index contributed by atoms with van der Waals surface area (Å²) < 4.78 is 0. The van der Waals surface area contributed by atoms with Crippen LogP contribution in [0.4, 0.5) is 0 Å². The zero-order valence-corrected chi connectivity index (χ0v) is 10.6. The van der Waals surface area contributed by atoms with Gasteiger partial charge in [0, 0.05) is 10.9 Å². The fourth-order valence-electron chi connectivity index (χ4n) is 1.50. The van der Waals surface area contributed by atoms with Gasteiger partial charge in [0.15, 0.2) is 6.10 Å². The van der Waals surface area contributed by atoms with Crippen molar-refractivity contribution in [3.63, 3.8) is 0 Å². The highest BCUT2D eigenvalue weighted by Gasteiger charge is 2.19. The molecule has 0 radical (unpaired) electrons. The van der Waals surface area contributed by atoms with E-state index in [9.17, 15) is 9.90 Å². The Hall–Kier alpha value is -1.38. The second kappa shape index (κ2) is 6.38. The van der Waals surface area contributed by atoms with E-state index in [0.29, 0.717) is 0 Å². The molecule has 1 aromatic carbocycles. The molecule has 1 unspecified atom stereocenters. The summed E-state index contributed by atoms with van der Waals surface area (Å²) in [6, 6.07) is 6.78. The van der Waals surface area contributed by atoms with Gasteiger partial charge in [-0.15, -0.1) is 0 Å². The van der Waals surface area contributed by atoms with Crippen LogP contribution in [0.25, 0.3) is 0 Å². The van der Waals surface area contributed by atoms with Crippen molar-refractivity contribution in [1.29, 1.82) is 5.26 Å². The summed E-state index contributed by atoms with van der Waals surface area (Å²) in [7, 11) is 0. The molecule has 0 aliphatic rings. The van der Waals surface area contributed by atoms with Gasteiger partial charge in [-0.3, -0.25) is 0 Å². The van der Waals surface area contributed by atoms with Gasteiger partial charge in [-0.1, -0.05) is 28.1 Å². The molecular weight excluding hydrogens is 286 g/mol. The molecule has 0 bridgehead atoms. The standard InChI is InChI=1S/C12H12BrNO3/c13-5-1-2-8-3-4-10(9(6-8)7-14)11(15)12(16)17/h3-4,6,11,15H,1-2,5H2,(H,16,17). The van der Waals surface area contributed by atoms with E-state index in [1.807, 2.05) is 6.07 Å². The van der Waals surface area contributed by atoms with Gasteiger partial charge in [-0.05, 0) is 24.5 Å². The van der Waals surface area contributed by atoms with Crippen LogP contribution in [0.3, 0.4) is 0 Å². The normalized spacial score (nSPS) is 11.8. The molecule has 0 aliphatic carbocycles. The lowest BCUT2D eigenvalue weighted by molar-refractivity contribution is -0.146. The number of aliphatic carboxylic acids is 1. The molecule has 0 amide bonds. The SMILES string of the molecule is N#Cc1cc(CCCBr)ccc1C(O)C(=O)O. The van der Waals surface area contributed by atoms with E-state index in [4.69, 9.17) is 10.4 Å². The van der Waals surface area contributed by atoms with Crippen LogP contribution in [0.2, 0.25) is 0 Å². The number of hydrogen-bond acceptors (Lipinski definition) is 3. The number of alkyl halides is 1. The average Bonchev–Trinajstić information content (AvgIpc) is 2.34. The Morgan fingerprint density at radius 1 is 1.53 bits per heavy atom. The zero-order valence-electron chi connectivity index (χ0n) is 9.06. The first-order valence-electron chi connectivity index (χ1n) is 5.10. The number of rotatable bonds is 5. The summed E-state index contributed by atoms with van der Waals surface area (Å²) in [5.74, 6) is -1.35. The molecule has 1 atom stereocenters. The molecule has 0 heterocycles. The molecular formula is C12H12BrNO3. The number of carboxylic acids is 1. The van der Waals surface area contributed by atoms with Gasteiger partial charge in [-0.2, -0.15) is 5.26 Å². The molecule has 0 aliphatic heterocycles. The van der Waals surface area contributed by atoms with Crippen LogP contribution in [0, 0.1) is 11.3 Å². The Morgan fingerprint density at radius 3 is 2.76 bits per heavy atom. The number of hydrogen-bond donors (Lipinski definition) is 2. The van der Waals surface area contributed by atoms with Crippen molar-refractivity contribution in [3.8, 4) is 6.07 Å². The maximum atomic E-state index is 10.7. The van der Waals surface area contributed by atoms with Crippen LogP contribution < -0.4 is 0 Å². The first-order chi connectivity index (χ1) is 8.10. The van der Waals surface area contributed by atoms with Crippen molar-refractivity contribution in [1.82, 2.24) is 0 Å². The fourth-order valence-corrected chi connectivity index (χ4v) is 1.78. The lowest BCUT2D eigenvalue weighted by Gasteiger charge is -2.09. The summed E-state index contributed by atoms with van der Waals surface area (Å²) in [6.07, 6.45) is 0.101. The van der Waals surface area contributed by atoms with Gasteiger partial charge in [0.05, 0.1) is 11.6 Å². The van der Waals surface area contributed by atoms with Gasteiger partial charge < -0.3 is 10.2 Å². The molecule has 0 fully saturated rings. The van der Waals surface area contributed by atoms with Crippen LogP contribution in [-0.4, -0.2) is 21.5 Å². The number of aliphatic hydroxyl groups excluding tert-OH is 1. The van der Waals surface area contributed by atoms with Crippen LogP contribution in [-0.2, 0) is 11.2 Å². The van der Waals surface area contributed by atoms with Crippen LogP contribution in [0.15, 0.2) is 18.2 Å². The minimum absolute atomic E-state index is 0.141. The van der Waals surface area contributed by atoms with Gasteiger partial charge in [0.1, 0.15) is 0 Å². The van der Waals surface area contributed by atoms with E-state index in [1.54, 1.807) is 12.1 Å². The monoisotopic (exact) mass is 297 g/mol. The van der Waals surface area contributed by atoms with Crippen molar-refractivity contribution >= 4 is 21.9 Å². The molecule has 90 valence electrons. The summed E-state index contributed by atoms with van der Waals surface area (Å²) >= 11 is 3.32. The molecule has 17 heavy (non-hydrogen) atoms. The molecule has 0 saturated heterocycles. The van der Waals surface area contributed by atoms with Gasteiger partial charge in [0.2, 0.25) is 0 Å². The lowest BCUT2D eigenvalue weighted by Crippen LogP contribution is -2.12. The molecule has 1 rings (SSSR count). The largest absolute Gasteiger partial charge is 0.479 e. The maximum absolute atomic E-state index is 10.7. The van der Waals surface area contributed by atoms with E-state index in [2.05, 4.69) is 15.9 Å². The maximum Gasteiger partial charge on any atom is 0.337 e. The summed E-state index contributed by atoms with van der Waals surface area (Å²) in [5.41, 5.74) is 1.32. The van der Waals surface area contributed by atoms with Crippen molar-refractivity contribution in [2.45, 2.75) is 18.9 Å². The Labute approximate surface area is 108 Å². The highest BCUT2D eigenvalue weighted by Crippen LogP contribution is 2.20. The van der Waals surface area contributed by atoms with Crippen LogP contribution >= 0.6 is 15.9 Å². The van der Waals surface area contributed by atoms with Gasteiger partial charge in [-0.25, -0.2) is 4.79 Å². The number of benzene rings is 1. The molecule has 0 aromatic heterocycles. The second-order valence-corrected chi connectivity index (χ2v) is 4.36. The Balaban J connectivity index is 3.02. The summed E-state index contributed by atoms with van der Waals surface area (Å²) in [6.45, 7) is 0. The Kier molecular flexibility index (Phi) is 5.13. The highest BCUT2D eigenvalue weighted by molar-refractivity contribution is 9.09. The Morgan fingerprint density at radius 2 is 2.24 bits per heavy atom. The van der Waals surface area contributed by atoms with Gasteiger partial charge in [0.25, 0.3) is 0 Å². The van der Waals surface area contributed by atoms with E-state index < -0.39 is 12.1 Å². The predicted molar refractivity (Wildman–Crippen MR) is 65.9 cm³/mol. The fraction of sp³-hybridized carbons (Fsp3) is 0.333. The van der Waals surface area contributed by atoms with Crippen molar-refractivity contribution in [2.24, 2.45) is 0 Å². The van der Waals surface area contributed by atoms with Crippen molar-refractivity contribution < 1.29 is 15.0 Å². The lowest BCUT2D eigenvalue weighted by atomic mass is 9.98. The summed E-state index contributed by atoms with van der Waals surface area (Å²) in [4.78, 5) is 10.7. The zero-order chi connectivity index (χ0) is 12.8. The molecule has 2 N–H and O–H groups in total. The van der Waals surface area contributed by atoms with E-state index in [-0.39, 0.29) is 11.1 Å². The van der Waals surface area contributed by atoms with E-state index >= 15 is 0 Å². The number of carboxylic acid groups (broad SMARTS) is 1. The predicted octanol–water partition coefficient (Wildman–Crippen LogP) is 2.00. The number of carbonyl (C=O) groups is 1. The third-order valence-electron chi connectivity index (χ3n) is 2.37. The molecule has 4 nitrogen and oxygen atoms in total. The summed E-state index contributed by atoms with van der Waals surface area (Å²) in [5, 5.41) is 27.9. The Bertz CT molecular complexity index is 454. The smallest absolute Gasteiger partial charge is 0.337 e. The number of aliphatic hydroxyl groups is 1. The third kappa shape index (κ3) is 3.55. The number of aryl methyl sites for hydroxylation is 1. The number of nitrogens with zero attached hydrogens (tertiary/aromatic N) is 1. The van der Waals surface area contributed by atoms with Crippen LogP contribution in [0.1, 0.15) is 29.2 Å². The topological polar surface area (TPSA) is 81.3 Å². The third-order valence-corrected chi connectivity index (χ3v) is 2.93. The van der Waals surface area contributed by atoms with Gasteiger partial charge >= 0.3 is 5.97 Å². The van der Waals surface area contributed by atoms with Crippen molar-refractivity contribution in [3.05, 3.63) is 34.9 Å². The number of halogens is 1. The first-order valence-corrected chi connectivity index (χ1v) is 6.22. The molecule has 1 aromatic rings. The first kappa shape index (κ1) is 13.7. The van der Waals surface area contributed by atoms with Crippen molar-refractivity contribution in [2.75, 3.05) is 5.33 Å². The molecule has 0 saturated carbocycles. The van der Waals surface area contributed by atoms with E-state index in [1.165, 1.54) is 6.07 Å². The minimum atomic E-state index is -1.64. The molecule has 5 heteroatoms. The number of nitriles is 1. The minimum Gasteiger partial charge on any atom is -0.479 e. The average molecular weight is 298 g/mol. The quantitative estimate of drug-likeness (QED) is 0.815. The second-order valence-electron chi connectivity index (χ2n) is 3.57. The van der Waals surface area contributed by atoms with E-state index in [0.717, 1.165) is 23.7 Å².